The number of aliphatic hydroxyl groups is 16. The van der Waals surface area contributed by atoms with E-state index in [0.29, 0.717) is 0 Å². The van der Waals surface area contributed by atoms with Crippen molar-refractivity contribution < 1.29 is 148 Å². The van der Waals surface area contributed by atoms with Gasteiger partial charge in [0.2, 0.25) is 17.7 Å². The molecule has 6 fully saturated rings. The molecule has 30 atom stereocenters. The highest BCUT2D eigenvalue weighted by Crippen LogP contribution is 2.35. The zero-order chi connectivity index (χ0) is 55.5. The molecule has 33 nitrogen and oxygen atoms in total. The summed E-state index contributed by atoms with van der Waals surface area (Å²) in [5.41, 5.74) is 0. The van der Waals surface area contributed by atoms with Crippen LogP contribution in [0.3, 0.4) is 0 Å². The van der Waals surface area contributed by atoms with Crippen LogP contribution < -0.4 is 16.0 Å². The molecular formula is C42H71N3O30. The molecule has 6 aliphatic heterocycles. The first-order valence-corrected chi connectivity index (χ1v) is 23.9. The van der Waals surface area contributed by atoms with E-state index < -0.39 is 235 Å². The molecule has 33 heteroatoms. The van der Waals surface area contributed by atoms with Crippen LogP contribution in [0.25, 0.3) is 0 Å². The molecule has 3 amide bonds. The van der Waals surface area contributed by atoms with Gasteiger partial charge >= 0.3 is 0 Å². The fourth-order valence-corrected chi connectivity index (χ4v) is 9.46. The van der Waals surface area contributed by atoms with Crippen LogP contribution in [0.1, 0.15) is 27.7 Å². The SMILES string of the molecule is CC(=O)N[C@@H]1[C@@H](O[C@@H]2O[C@H](CO[C@@H]3O[C@H](CO)[C@H](O)[C@H](O[C@@H]4O[C@@H](C)[C@@H](O)[C@@H](O)[C@@H]4O)[C@H]3NC(C)=O)[C@H](O)[C@H](O[C@@H]3O[C@H](CO)[C@H](O)[C@H](O)[C@H]3O)[C@H]2O)[C@@H](O)[C@@H](CO[C@@H]2O[C@H](CO)[C@@H](O)[C@H](O)[C@H]2NC(C)=O)O[C@@H]1O. The van der Waals surface area contributed by atoms with Crippen LogP contribution in [-0.2, 0) is 66.5 Å². The van der Waals surface area contributed by atoms with Crippen LogP contribution in [0.4, 0.5) is 0 Å². The Bertz CT molecular complexity index is 1850. The Balaban J connectivity index is 1.29. The largest absolute Gasteiger partial charge is 0.394 e. The molecule has 0 unspecified atom stereocenters. The minimum Gasteiger partial charge on any atom is -0.394 e. The molecule has 0 aromatic carbocycles. The van der Waals surface area contributed by atoms with Gasteiger partial charge in [-0.25, -0.2) is 0 Å². The molecule has 0 spiro atoms. The summed E-state index contributed by atoms with van der Waals surface area (Å²) in [7, 11) is 0. The Labute approximate surface area is 426 Å². The van der Waals surface area contributed by atoms with E-state index in [1.54, 1.807) is 0 Å². The molecule has 0 radical (unpaired) electrons. The number of hydrogen-bond donors (Lipinski definition) is 19. The summed E-state index contributed by atoms with van der Waals surface area (Å²) in [6.07, 6.45) is -49.7. The van der Waals surface area contributed by atoms with Gasteiger partial charge in [-0.1, -0.05) is 0 Å². The molecule has 0 aliphatic carbocycles. The average molecular weight is 1100 g/mol. The Hall–Kier alpha value is -2.67. The third kappa shape index (κ3) is 13.9. The van der Waals surface area contributed by atoms with Crippen molar-refractivity contribution in [1.82, 2.24) is 16.0 Å². The number of carbonyl (C=O) groups excluding carboxylic acids is 3. The lowest BCUT2D eigenvalue weighted by Crippen LogP contribution is -2.69. The highest BCUT2D eigenvalue weighted by molar-refractivity contribution is 5.74. The molecular weight excluding hydrogens is 1030 g/mol. The summed E-state index contributed by atoms with van der Waals surface area (Å²) in [5, 5.41) is 180. The van der Waals surface area contributed by atoms with Gasteiger partial charge in [-0.3, -0.25) is 14.4 Å². The molecule has 0 saturated carbocycles. The lowest BCUT2D eigenvalue weighted by molar-refractivity contribution is -0.379. The maximum atomic E-state index is 12.6. The standard InChI is InChI=1S/C42H71N3O30/c1-10-22(52)29(59)31(61)40(67-10)74-35-21(45-13(4)51)39(70-16(7-48)25(35)55)66-9-18-27(57)36(75-41-32(62)30(60)24(54)15(6-47)71-41)33(63)42(72-18)73-34-20(44-12(3)50)37(64)68-17(26(34)56)8-65-38-19(43-11(2)49)28(58)23(53)14(5-46)69-38/h10,14-42,46-48,52-64H,5-9H2,1-4H3,(H,43,49)(H,44,50)(H,45,51)/t10-,14+,15+,16+,17+,18+,19+,20+,21+,22+,23+,24-,25-,26-,27-,28+,29+,30-,31-,32+,33+,34+,35+,36-,37-,38+,39+,40-,41-,42-/m0/s1. The summed E-state index contributed by atoms with van der Waals surface area (Å²) in [6.45, 7) is 0.0715. The van der Waals surface area contributed by atoms with Crippen LogP contribution in [-0.4, -0.2) is 317 Å². The monoisotopic (exact) mass is 1100 g/mol. The predicted molar refractivity (Wildman–Crippen MR) is 233 cm³/mol. The van der Waals surface area contributed by atoms with Crippen molar-refractivity contribution >= 4 is 17.7 Å². The topological polar surface area (TPSA) is 513 Å². The van der Waals surface area contributed by atoms with E-state index >= 15 is 0 Å². The Morgan fingerprint density at radius 2 is 0.733 bits per heavy atom. The molecule has 434 valence electrons. The van der Waals surface area contributed by atoms with E-state index in [2.05, 4.69) is 16.0 Å². The third-order valence-electron chi connectivity index (χ3n) is 13.6. The highest BCUT2D eigenvalue weighted by atomic mass is 16.8. The lowest BCUT2D eigenvalue weighted by Gasteiger charge is -2.49. The van der Waals surface area contributed by atoms with Crippen LogP contribution in [0.5, 0.6) is 0 Å². The Kier molecular flexibility index (Phi) is 21.8. The van der Waals surface area contributed by atoms with Gasteiger partial charge in [0.05, 0.1) is 39.1 Å². The van der Waals surface area contributed by atoms with Crippen molar-refractivity contribution in [1.29, 1.82) is 0 Å². The fraction of sp³-hybridized carbons (Fsp3) is 0.929. The van der Waals surface area contributed by atoms with Crippen LogP contribution >= 0.6 is 0 Å². The minimum atomic E-state index is -2.27. The lowest BCUT2D eigenvalue weighted by atomic mass is 9.94. The van der Waals surface area contributed by atoms with Crippen molar-refractivity contribution in [3.05, 3.63) is 0 Å². The average Bonchev–Trinajstić information content (AvgIpc) is 3.36. The van der Waals surface area contributed by atoms with Crippen LogP contribution in [0.15, 0.2) is 0 Å². The Morgan fingerprint density at radius 1 is 0.373 bits per heavy atom. The van der Waals surface area contributed by atoms with Crippen LogP contribution in [0, 0.1) is 0 Å². The molecule has 6 saturated heterocycles. The van der Waals surface area contributed by atoms with E-state index in [1.807, 2.05) is 0 Å². The first-order chi connectivity index (χ1) is 35.3. The molecule has 6 aliphatic rings. The van der Waals surface area contributed by atoms with Crippen molar-refractivity contribution in [2.24, 2.45) is 0 Å². The first kappa shape index (κ1) is 61.5. The van der Waals surface area contributed by atoms with Crippen LogP contribution in [0.2, 0.25) is 0 Å². The van der Waals surface area contributed by atoms with Crippen molar-refractivity contribution in [2.45, 2.75) is 212 Å². The zero-order valence-corrected chi connectivity index (χ0v) is 40.7. The second-order valence-corrected chi connectivity index (χ2v) is 19.0. The highest BCUT2D eigenvalue weighted by Gasteiger charge is 2.57. The van der Waals surface area contributed by atoms with E-state index in [0.717, 1.165) is 20.8 Å². The van der Waals surface area contributed by atoms with Gasteiger partial charge in [-0.05, 0) is 6.92 Å². The fourth-order valence-electron chi connectivity index (χ4n) is 9.46. The number of carbonyl (C=O) groups is 3. The molecule has 75 heavy (non-hydrogen) atoms. The van der Waals surface area contributed by atoms with Gasteiger partial charge in [0.1, 0.15) is 140 Å². The first-order valence-electron chi connectivity index (χ1n) is 23.9. The van der Waals surface area contributed by atoms with E-state index in [9.17, 15) is 96.1 Å². The number of nitrogens with one attached hydrogen (secondary N) is 3. The molecule has 6 rings (SSSR count). The van der Waals surface area contributed by atoms with Gasteiger partial charge in [0, 0.05) is 20.8 Å². The van der Waals surface area contributed by atoms with E-state index in [-0.39, 0.29) is 0 Å². The maximum Gasteiger partial charge on any atom is 0.217 e. The molecule has 0 bridgehead atoms. The zero-order valence-electron chi connectivity index (χ0n) is 40.7. The van der Waals surface area contributed by atoms with Gasteiger partial charge in [0.25, 0.3) is 0 Å². The Morgan fingerprint density at radius 3 is 1.27 bits per heavy atom. The molecule has 0 aromatic rings. The second kappa shape index (κ2) is 26.5. The number of hydrogen-bond acceptors (Lipinski definition) is 30. The summed E-state index contributed by atoms with van der Waals surface area (Å²) in [4.78, 5) is 37.1. The summed E-state index contributed by atoms with van der Waals surface area (Å²) >= 11 is 0. The maximum absolute atomic E-state index is 12.6. The second-order valence-electron chi connectivity index (χ2n) is 19.0. The smallest absolute Gasteiger partial charge is 0.217 e. The minimum absolute atomic E-state index is 0.704. The molecule has 0 aromatic heterocycles. The van der Waals surface area contributed by atoms with E-state index in [4.69, 9.17) is 52.1 Å². The van der Waals surface area contributed by atoms with E-state index in [1.165, 1.54) is 6.92 Å². The van der Waals surface area contributed by atoms with Crippen molar-refractivity contribution in [3.63, 3.8) is 0 Å². The van der Waals surface area contributed by atoms with Gasteiger partial charge in [-0.15, -0.1) is 0 Å². The quantitative estimate of drug-likeness (QED) is 0.0606. The van der Waals surface area contributed by atoms with Crippen molar-refractivity contribution in [2.75, 3.05) is 33.0 Å². The third-order valence-corrected chi connectivity index (χ3v) is 13.6. The van der Waals surface area contributed by atoms with Gasteiger partial charge in [-0.2, -0.15) is 0 Å². The van der Waals surface area contributed by atoms with Gasteiger partial charge in [0.15, 0.2) is 37.7 Å². The molecule has 6 heterocycles. The summed E-state index contributed by atoms with van der Waals surface area (Å²) in [5.74, 6) is -2.32. The predicted octanol–water partition coefficient (Wildman–Crippen LogP) is -12.6. The number of amides is 3. The number of aliphatic hydroxyl groups excluding tert-OH is 16. The number of rotatable bonds is 18. The molecule has 19 N–H and O–H groups in total. The van der Waals surface area contributed by atoms with Gasteiger partial charge < -0.3 is 150 Å². The summed E-state index contributed by atoms with van der Waals surface area (Å²) < 4.78 is 63.5. The number of ether oxygens (including phenoxy) is 11. The van der Waals surface area contributed by atoms with Crippen molar-refractivity contribution in [3.8, 4) is 0 Å². The summed E-state index contributed by atoms with van der Waals surface area (Å²) in [6, 6.07) is -4.82. The normalized spacial score (nSPS) is 48.6.